The number of fused-ring (bicyclic) bond motifs is 1. The van der Waals surface area contributed by atoms with Crippen molar-refractivity contribution in [2.24, 2.45) is 0 Å². The van der Waals surface area contributed by atoms with Crippen LogP contribution in [0.3, 0.4) is 0 Å². The molecule has 1 aliphatic heterocycles. The fourth-order valence-corrected chi connectivity index (χ4v) is 3.30. The highest BCUT2D eigenvalue weighted by molar-refractivity contribution is 7.80. The van der Waals surface area contributed by atoms with Crippen LogP contribution in [0, 0.1) is 5.82 Å². The third-order valence-electron chi connectivity index (χ3n) is 3.82. The molecule has 1 heterocycles. The van der Waals surface area contributed by atoms with Crippen LogP contribution in [0.4, 0.5) is 10.1 Å². The van der Waals surface area contributed by atoms with Crippen LogP contribution in [-0.4, -0.2) is 10.7 Å². The summed E-state index contributed by atoms with van der Waals surface area (Å²) in [4.78, 5) is 0. The van der Waals surface area contributed by atoms with Crippen LogP contribution in [0.5, 0.6) is 5.75 Å². The Hall–Kier alpha value is -1.85. The third-order valence-corrected chi connectivity index (χ3v) is 4.27. The van der Waals surface area contributed by atoms with Gasteiger partial charge in [0.25, 0.3) is 0 Å². The first-order chi connectivity index (χ1) is 11.3. The molecule has 0 radical (unpaired) electrons. The molecule has 1 unspecified atom stereocenters. The summed E-state index contributed by atoms with van der Waals surface area (Å²) in [6.45, 7) is 4.00. The Balaban J connectivity index is 1.79. The maximum Gasteiger partial charge on any atom is 0.171 e. The summed E-state index contributed by atoms with van der Waals surface area (Å²) in [5.41, 5.74) is 1.20. The number of hydrogen-bond acceptors (Lipinski definition) is 2. The van der Waals surface area contributed by atoms with Crippen molar-refractivity contribution in [2.45, 2.75) is 31.9 Å². The van der Waals surface area contributed by atoms with Gasteiger partial charge in [-0.15, -0.1) is 0 Å². The predicted octanol–water partition coefficient (Wildman–Crippen LogP) is 5.07. The SMILES string of the molecule is CC1(C)CC(NC(=S)Nc2cccc(Cl)c2)c2cc(F)ccc2O1. The third kappa shape index (κ3) is 3.97. The Morgan fingerprint density at radius 2 is 2.08 bits per heavy atom. The van der Waals surface area contributed by atoms with E-state index in [-0.39, 0.29) is 17.5 Å². The molecule has 2 N–H and O–H groups in total. The minimum atomic E-state index is -0.367. The van der Waals surface area contributed by atoms with Gasteiger partial charge in [0.1, 0.15) is 17.2 Å². The molecule has 0 fully saturated rings. The highest BCUT2D eigenvalue weighted by Gasteiger charge is 2.34. The lowest BCUT2D eigenvalue weighted by molar-refractivity contribution is 0.0694. The fourth-order valence-electron chi connectivity index (χ4n) is 2.85. The number of halogens is 2. The highest BCUT2D eigenvalue weighted by atomic mass is 35.5. The Morgan fingerprint density at radius 3 is 2.83 bits per heavy atom. The summed E-state index contributed by atoms with van der Waals surface area (Å²) < 4.78 is 19.6. The number of benzene rings is 2. The van der Waals surface area contributed by atoms with Gasteiger partial charge >= 0.3 is 0 Å². The van der Waals surface area contributed by atoms with Gasteiger partial charge in [-0.3, -0.25) is 0 Å². The first-order valence-electron chi connectivity index (χ1n) is 7.64. The maximum atomic E-state index is 13.6. The van der Waals surface area contributed by atoms with Gasteiger partial charge in [-0.1, -0.05) is 17.7 Å². The van der Waals surface area contributed by atoms with E-state index >= 15 is 0 Å². The molecule has 3 nitrogen and oxygen atoms in total. The smallest absolute Gasteiger partial charge is 0.171 e. The molecule has 24 heavy (non-hydrogen) atoms. The zero-order valence-corrected chi connectivity index (χ0v) is 15.0. The minimum absolute atomic E-state index is 0.140. The van der Waals surface area contributed by atoms with Crippen molar-refractivity contribution in [3.05, 3.63) is 58.9 Å². The van der Waals surface area contributed by atoms with E-state index in [2.05, 4.69) is 10.6 Å². The molecule has 2 aromatic rings. The van der Waals surface area contributed by atoms with E-state index in [1.807, 2.05) is 26.0 Å². The van der Waals surface area contributed by atoms with Crippen LogP contribution < -0.4 is 15.4 Å². The Kier molecular flexibility index (Phi) is 4.65. The second-order valence-electron chi connectivity index (χ2n) is 6.41. The van der Waals surface area contributed by atoms with Gasteiger partial charge in [-0.05, 0) is 62.5 Å². The van der Waals surface area contributed by atoms with Crippen LogP contribution >= 0.6 is 23.8 Å². The molecule has 0 saturated heterocycles. The standard InChI is InChI=1S/C18H18ClFN2OS/c1-18(2)10-15(14-9-12(20)6-7-16(14)23-18)22-17(24)21-13-5-3-4-11(19)8-13/h3-9,15H,10H2,1-2H3,(H2,21,22,24). The van der Waals surface area contributed by atoms with Crippen molar-refractivity contribution in [3.8, 4) is 5.75 Å². The molecular weight excluding hydrogens is 347 g/mol. The van der Waals surface area contributed by atoms with Crippen molar-refractivity contribution in [2.75, 3.05) is 5.32 Å². The van der Waals surface area contributed by atoms with Gasteiger partial charge in [-0.2, -0.15) is 0 Å². The molecule has 0 saturated carbocycles. The monoisotopic (exact) mass is 364 g/mol. The summed E-state index contributed by atoms with van der Waals surface area (Å²) in [7, 11) is 0. The molecule has 1 atom stereocenters. The van der Waals surface area contributed by atoms with E-state index in [0.717, 1.165) is 11.3 Å². The van der Waals surface area contributed by atoms with Gasteiger partial charge in [0.2, 0.25) is 0 Å². The predicted molar refractivity (Wildman–Crippen MR) is 99.3 cm³/mol. The topological polar surface area (TPSA) is 33.3 Å². The molecule has 0 bridgehead atoms. The van der Waals surface area contributed by atoms with Gasteiger partial charge in [0.05, 0.1) is 6.04 Å². The summed E-state index contributed by atoms with van der Waals surface area (Å²) in [6.07, 6.45) is 0.667. The normalized spacial score (nSPS) is 18.2. The summed E-state index contributed by atoms with van der Waals surface area (Å²) >= 11 is 11.4. The zero-order valence-electron chi connectivity index (χ0n) is 13.4. The van der Waals surface area contributed by atoms with Crippen molar-refractivity contribution >= 4 is 34.6 Å². The van der Waals surface area contributed by atoms with E-state index in [9.17, 15) is 4.39 Å². The van der Waals surface area contributed by atoms with Crippen molar-refractivity contribution in [1.29, 1.82) is 0 Å². The van der Waals surface area contributed by atoms with Crippen LogP contribution in [0.1, 0.15) is 31.9 Å². The van der Waals surface area contributed by atoms with E-state index in [1.165, 1.54) is 12.1 Å². The quantitative estimate of drug-likeness (QED) is 0.729. The lowest BCUT2D eigenvalue weighted by atomic mass is 9.90. The Labute approximate surface area is 151 Å². The number of rotatable bonds is 2. The fraction of sp³-hybridized carbons (Fsp3) is 0.278. The number of thiocarbonyl (C=S) groups is 1. The van der Waals surface area contributed by atoms with Crippen molar-refractivity contribution in [3.63, 3.8) is 0 Å². The van der Waals surface area contributed by atoms with E-state index < -0.39 is 0 Å². The van der Waals surface area contributed by atoms with E-state index in [4.69, 9.17) is 28.6 Å². The molecule has 0 aromatic heterocycles. The van der Waals surface area contributed by atoms with Gasteiger partial charge < -0.3 is 15.4 Å². The van der Waals surface area contributed by atoms with Crippen LogP contribution in [0.25, 0.3) is 0 Å². The Bertz CT molecular complexity index is 781. The van der Waals surface area contributed by atoms with Gasteiger partial charge in [0.15, 0.2) is 5.11 Å². The number of anilines is 1. The van der Waals surface area contributed by atoms with Gasteiger partial charge in [0, 0.05) is 22.7 Å². The second kappa shape index (κ2) is 6.57. The van der Waals surface area contributed by atoms with E-state index in [1.54, 1.807) is 18.2 Å². The molecule has 6 heteroatoms. The molecule has 0 spiro atoms. The second-order valence-corrected chi connectivity index (χ2v) is 7.25. The van der Waals surface area contributed by atoms with Gasteiger partial charge in [-0.25, -0.2) is 4.39 Å². The average Bonchev–Trinajstić information content (AvgIpc) is 2.47. The molecule has 0 amide bonds. The number of nitrogens with one attached hydrogen (secondary N) is 2. The molecule has 126 valence electrons. The first-order valence-corrected chi connectivity index (χ1v) is 8.43. The lowest BCUT2D eigenvalue weighted by Gasteiger charge is -2.38. The Morgan fingerprint density at radius 1 is 1.29 bits per heavy atom. The zero-order chi connectivity index (χ0) is 17.3. The van der Waals surface area contributed by atoms with Crippen molar-refractivity contribution in [1.82, 2.24) is 5.32 Å². The lowest BCUT2D eigenvalue weighted by Crippen LogP contribution is -2.42. The number of hydrogen-bond donors (Lipinski definition) is 2. The van der Waals surface area contributed by atoms with Crippen molar-refractivity contribution < 1.29 is 9.13 Å². The van der Waals surface area contributed by atoms with E-state index in [0.29, 0.717) is 22.3 Å². The van der Waals surface area contributed by atoms with Crippen LogP contribution in [0.15, 0.2) is 42.5 Å². The minimum Gasteiger partial charge on any atom is -0.487 e. The highest BCUT2D eigenvalue weighted by Crippen LogP contribution is 2.39. The average molecular weight is 365 g/mol. The van der Waals surface area contributed by atoms with Crippen LogP contribution in [0.2, 0.25) is 5.02 Å². The molecule has 3 rings (SSSR count). The first kappa shape index (κ1) is 17.0. The number of ether oxygens (including phenoxy) is 1. The summed E-state index contributed by atoms with van der Waals surface area (Å²) in [5.74, 6) is 0.383. The summed E-state index contributed by atoms with van der Waals surface area (Å²) in [5, 5.41) is 7.44. The molecule has 0 aliphatic carbocycles. The summed E-state index contributed by atoms with van der Waals surface area (Å²) in [6, 6.07) is 11.7. The maximum absolute atomic E-state index is 13.6. The molecule has 1 aliphatic rings. The largest absolute Gasteiger partial charge is 0.487 e. The molecular formula is C18H18ClFN2OS. The van der Waals surface area contributed by atoms with Crippen LogP contribution in [-0.2, 0) is 0 Å². The molecule has 2 aromatic carbocycles.